The van der Waals surface area contributed by atoms with Crippen molar-refractivity contribution in [2.24, 2.45) is 0 Å². The minimum absolute atomic E-state index is 0.246. The second-order valence-corrected chi connectivity index (χ2v) is 4.59. The lowest BCUT2D eigenvalue weighted by molar-refractivity contribution is -0.154. The fraction of sp³-hybridized carbons (Fsp3) is 0.429. The van der Waals surface area contributed by atoms with E-state index < -0.39 is 11.8 Å². The third-order valence-electron chi connectivity index (χ3n) is 3.37. The van der Waals surface area contributed by atoms with E-state index in [2.05, 4.69) is 6.07 Å². The smallest absolute Gasteiger partial charge is 0.269 e. The summed E-state index contributed by atoms with van der Waals surface area (Å²) in [6.45, 7) is 2.29. The van der Waals surface area contributed by atoms with Crippen LogP contribution in [0, 0.1) is 11.3 Å². The van der Waals surface area contributed by atoms with Gasteiger partial charge in [-0.15, -0.1) is 0 Å². The number of nitriles is 1. The molecule has 0 saturated carbocycles. The molecule has 1 saturated heterocycles. The first-order chi connectivity index (χ1) is 9.09. The van der Waals surface area contributed by atoms with Gasteiger partial charge in [-0.05, 0) is 33.2 Å². The van der Waals surface area contributed by atoms with Gasteiger partial charge in [0.1, 0.15) is 6.07 Å². The number of amides is 1. The van der Waals surface area contributed by atoms with Gasteiger partial charge in [0, 0.05) is 12.3 Å². The normalized spacial score (nSPS) is 26.2. The van der Waals surface area contributed by atoms with Crippen molar-refractivity contribution in [3.8, 4) is 6.07 Å². The van der Waals surface area contributed by atoms with Crippen LogP contribution < -0.4 is 4.90 Å². The van der Waals surface area contributed by atoms with Gasteiger partial charge in [0.15, 0.2) is 6.23 Å². The lowest BCUT2D eigenvalue weighted by atomic mass is 9.85. The molecule has 1 aromatic carbocycles. The number of para-hydroxylation sites is 1. The van der Waals surface area contributed by atoms with E-state index in [-0.39, 0.29) is 5.91 Å². The molecule has 1 heterocycles. The van der Waals surface area contributed by atoms with Crippen LogP contribution in [0.1, 0.15) is 6.92 Å². The van der Waals surface area contributed by atoms with E-state index in [9.17, 15) is 10.1 Å². The van der Waals surface area contributed by atoms with Crippen molar-refractivity contribution in [3.63, 3.8) is 0 Å². The Morgan fingerprint density at radius 2 is 2.05 bits per heavy atom. The second-order valence-electron chi connectivity index (χ2n) is 4.59. The van der Waals surface area contributed by atoms with Gasteiger partial charge in [-0.1, -0.05) is 18.2 Å². The van der Waals surface area contributed by atoms with Crippen molar-refractivity contribution in [3.05, 3.63) is 30.3 Å². The fourth-order valence-corrected chi connectivity index (χ4v) is 2.33. The molecular weight excluding hydrogens is 242 g/mol. The SMILES string of the molecule is CCO[C@H]1N(c2ccccc2)C(=O)[C@]1(C#N)N(C)C. The Labute approximate surface area is 113 Å². The number of hydrogen-bond donors (Lipinski definition) is 0. The zero-order valence-electron chi connectivity index (χ0n) is 11.3. The number of carbonyl (C=O) groups excluding carboxylic acids is 1. The Morgan fingerprint density at radius 1 is 1.42 bits per heavy atom. The van der Waals surface area contributed by atoms with E-state index in [1.165, 1.54) is 4.90 Å². The second kappa shape index (κ2) is 5.00. The molecule has 0 aliphatic carbocycles. The third-order valence-corrected chi connectivity index (χ3v) is 3.37. The molecule has 1 aromatic rings. The van der Waals surface area contributed by atoms with Crippen molar-refractivity contribution in [1.29, 1.82) is 5.26 Å². The molecule has 0 unspecified atom stereocenters. The van der Waals surface area contributed by atoms with Crippen LogP contribution in [-0.4, -0.2) is 43.3 Å². The Balaban J connectivity index is 2.39. The lowest BCUT2D eigenvalue weighted by Crippen LogP contribution is -2.79. The van der Waals surface area contributed by atoms with E-state index in [1.807, 2.05) is 37.3 Å². The quantitative estimate of drug-likeness (QED) is 0.763. The summed E-state index contributed by atoms with van der Waals surface area (Å²) in [7, 11) is 3.44. The maximum atomic E-state index is 12.4. The number of hydrogen-bond acceptors (Lipinski definition) is 4. The van der Waals surface area contributed by atoms with Gasteiger partial charge in [0.25, 0.3) is 5.91 Å². The average Bonchev–Trinajstić information content (AvgIpc) is 2.40. The monoisotopic (exact) mass is 259 g/mol. The number of ether oxygens (including phenoxy) is 1. The van der Waals surface area contributed by atoms with Crippen LogP contribution in [0.4, 0.5) is 5.69 Å². The molecule has 0 bridgehead atoms. The predicted molar refractivity (Wildman–Crippen MR) is 71.4 cm³/mol. The summed E-state index contributed by atoms with van der Waals surface area (Å²) < 4.78 is 5.62. The highest BCUT2D eigenvalue weighted by Crippen LogP contribution is 2.39. The van der Waals surface area contributed by atoms with Crippen LogP contribution in [0.5, 0.6) is 0 Å². The summed E-state index contributed by atoms with van der Waals surface area (Å²) in [6, 6.07) is 11.4. The molecule has 2 atom stereocenters. The number of rotatable bonds is 4. The molecule has 0 N–H and O–H groups in total. The van der Waals surface area contributed by atoms with Crippen LogP contribution >= 0.6 is 0 Å². The Morgan fingerprint density at radius 3 is 2.53 bits per heavy atom. The first-order valence-electron chi connectivity index (χ1n) is 6.18. The maximum absolute atomic E-state index is 12.4. The number of benzene rings is 1. The number of carbonyl (C=O) groups is 1. The number of anilines is 1. The van der Waals surface area contributed by atoms with Gasteiger partial charge < -0.3 is 4.74 Å². The van der Waals surface area contributed by atoms with Crippen molar-refractivity contribution < 1.29 is 9.53 Å². The first-order valence-corrected chi connectivity index (χ1v) is 6.18. The molecule has 19 heavy (non-hydrogen) atoms. The Bertz CT molecular complexity index is 509. The summed E-state index contributed by atoms with van der Waals surface area (Å²) in [5.74, 6) is -0.246. The van der Waals surface area contributed by atoms with E-state index in [0.29, 0.717) is 6.61 Å². The van der Waals surface area contributed by atoms with E-state index in [1.54, 1.807) is 19.0 Å². The zero-order valence-corrected chi connectivity index (χ0v) is 11.3. The molecule has 0 spiro atoms. The summed E-state index contributed by atoms with van der Waals surface area (Å²) in [5.41, 5.74) is -0.482. The lowest BCUT2D eigenvalue weighted by Gasteiger charge is -2.53. The number of β-lactam (4-membered cyclic amide) rings is 1. The predicted octanol–water partition coefficient (Wildman–Crippen LogP) is 1.22. The standard InChI is InChI=1S/C14H17N3O2/c1-4-19-13-14(10-15,16(2)3)12(18)17(13)11-8-6-5-7-9-11/h5-9,13H,4H2,1-3H3/t13-,14+/m1/s1. The van der Waals surface area contributed by atoms with Crippen molar-refractivity contribution in [1.82, 2.24) is 4.90 Å². The van der Waals surface area contributed by atoms with E-state index >= 15 is 0 Å². The molecule has 5 heteroatoms. The van der Waals surface area contributed by atoms with Crippen molar-refractivity contribution in [2.45, 2.75) is 18.7 Å². The molecule has 2 rings (SSSR count). The topological polar surface area (TPSA) is 56.6 Å². The van der Waals surface area contributed by atoms with E-state index in [4.69, 9.17) is 4.74 Å². The molecule has 1 aliphatic rings. The molecule has 5 nitrogen and oxygen atoms in total. The molecule has 1 fully saturated rings. The molecule has 0 radical (unpaired) electrons. The molecule has 100 valence electrons. The Kier molecular flexibility index (Phi) is 3.56. The summed E-state index contributed by atoms with van der Waals surface area (Å²) >= 11 is 0. The van der Waals surface area contributed by atoms with Crippen LogP contribution in [-0.2, 0) is 9.53 Å². The highest BCUT2D eigenvalue weighted by atomic mass is 16.5. The third kappa shape index (κ3) is 1.81. The molecular formula is C14H17N3O2. The maximum Gasteiger partial charge on any atom is 0.269 e. The van der Waals surface area contributed by atoms with Gasteiger partial charge in [-0.25, -0.2) is 0 Å². The molecule has 1 amide bonds. The van der Waals surface area contributed by atoms with Crippen LogP contribution in [0.3, 0.4) is 0 Å². The minimum Gasteiger partial charge on any atom is -0.354 e. The summed E-state index contributed by atoms with van der Waals surface area (Å²) in [4.78, 5) is 15.6. The van der Waals surface area contributed by atoms with Gasteiger partial charge in [0.2, 0.25) is 5.54 Å². The van der Waals surface area contributed by atoms with E-state index in [0.717, 1.165) is 5.69 Å². The van der Waals surface area contributed by atoms with Crippen molar-refractivity contribution in [2.75, 3.05) is 25.6 Å². The van der Waals surface area contributed by atoms with Gasteiger partial charge in [-0.3, -0.25) is 14.6 Å². The largest absolute Gasteiger partial charge is 0.354 e. The highest BCUT2D eigenvalue weighted by molar-refractivity contribution is 6.10. The van der Waals surface area contributed by atoms with Crippen molar-refractivity contribution >= 4 is 11.6 Å². The molecule has 0 aromatic heterocycles. The highest BCUT2D eigenvalue weighted by Gasteiger charge is 2.65. The van der Waals surface area contributed by atoms with Gasteiger partial charge in [0.05, 0.1) is 0 Å². The summed E-state index contributed by atoms with van der Waals surface area (Å²) in [6.07, 6.45) is -0.576. The minimum atomic E-state index is -1.23. The average molecular weight is 259 g/mol. The molecule has 1 aliphatic heterocycles. The van der Waals surface area contributed by atoms with Gasteiger partial charge in [-0.2, -0.15) is 5.26 Å². The summed E-state index contributed by atoms with van der Waals surface area (Å²) in [5, 5.41) is 9.42. The fourth-order valence-electron chi connectivity index (χ4n) is 2.33. The van der Waals surface area contributed by atoms with Gasteiger partial charge >= 0.3 is 0 Å². The Hall–Kier alpha value is -1.90. The number of likely N-dealkylation sites (N-methyl/N-ethyl adjacent to an activating group) is 1. The van der Waals surface area contributed by atoms with Crippen LogP contribution in [0.2, 0.25) is 0 Å². The number of nitrogens with zero attached hydrogens (tertiary/aromatic N) is 3. The van der Waals surface area contributed by atoms with Crippen LogP contribution in [0.15, 0.2) is 30.3 Å². The zero-order chi connectivity index (χ0) is 14.0. The van der Waals surface area contributed by atoms with Crippen LogP contribution in [0.25, 0.3) is 0 Å². The first kappa shape index (κ1) is 13.5.